The zero-order valence-electron chi connectivity index (χ0n) is 11.8. The van der Waals surface area contributed by atoms with Crippen LogP contribution in [0.1, 0.15) is 18.2 Å². The Hall–Kier alpha value is -1.84. The van der Waals surface area contributed by atoms with Crippen molar-refractivity contribution in [2.75, 3.05) is 0 Å². The van der Waals surface area contributed by atoms with E-state index in [1.165, 1.54) is 0 Å². The van der Waals surface area contributed by atoms with Crippen LogP contribution in [0.2, 0.25) is 5.02 Å². The molecule has 1 atom stereocenters. The highest BCUT2D eigenvalue weighted by molar-refractivity contribution is 6.35. The average molecular weight is 301 g/mol. The van der Waals surface area contributed by atoms with E-state index in [0.717, 1.165) is 40.2 Å². The minimum Gasteiger partial charge on any atom is -0.469 e. The molecule has 0 aliphatic rings. The highest BCUT2D eigenvalue weighted by Gasteiger charge is 2.08. The third-order valence-corrected chi connectivity index (χ3v) is 3.86. The van der Waals surface area contributed by atoms with Gasteiger partial charge in [0.15, 0.2) is 0 Å². The third-order valence-electron chi connectivity index (χ3n) is 3.53. The molecule has 1 aromatic carbocycles. The van der Waals surface area contributed by atoms with Crippen molar-refractivity contribution in [2.45, 2.75) is 25.9 Å². The molecule has 0 saturated heterocycles. The van der Waals surface area contributed by atoms with Crippen LogP contribution >= 0.6 is 11.6 Å². The molecule has 0 saturated carbocycles. The van der Waals surface area contributed by atoms with E-state index in [4.69, 9.17) is 16.0 Å². The van der Waals surface area contributed by atoms with Gasteiger partial charge in [-0.05, 0) is 42.8 Å². The molecule has 3 aromatic rings. The third kappa shape index (κ3) is 3.26. The molecule has 0 amide bonds. The molecule has 0 aliphatic carbocycles. The van der Waals surface area contributed by atoms with Crippen LogP contribution in [0.25, 0.3) is 10.9 Å². The summed E-state index contributed by atoms with van der Waals surface area (Å²) in [7, 11) is 0. The Balaban J connectivity index is 1.72. The van der Waals surface area contributed by atoms with Gasteiger partial charge in [-0.1, -0.05) is 17.7 Å². The van der Waals surface area contributed by atoms with Crippen LogP contribution < -0.4 is 5.32 Å². The normalized spacial score (nSPS) is 12.7. The van der Waals surface area contributed by atoms with Gasteiger partial charge in [0.1, 0.15) is 5.76 Å². The number of nitrogens with one attached hydrogen (secondary N) is 1. The van der Waals surface area contributed by atoms with Crippen molar-refractivity contribution in [1.29, 1.82) is 0 Å². The van der Waals surface area contributed by atoms with E-state index >= 15 is 0 Å². The molecule has 0 radical (unpaired) electrons. The number of halogens is 1. The summed E-state index contributed by atoms with van der Waals surface area (Å²) in [6.45, 7) is 2.90. The molecule has 0 aliphatic heterocycles. The van der Waals surface area contributed by atoms with E-state index in [2.05, 4.69) is 17.2 Å². The minimum atomic E-state index is 0.325. The average Bonchev–Trinajstić information content (AvgIpc) is 3.00. The van der Waals surface area contributed by atoms with E-state index in [0.29, 0.717) is 6.04 Å². The second kappa shape index (κ2) is 6.29. The molecule has 2 aromatic heterocycles. The molecule has 4 heteroatoms. The smallest absolute Gasteiger partial charge is 0.105 e. The van der Waals surface area contributed by atoms with Crippen molar-refractivity contribution in [1.82, 2.24) is 10.3 Å². The lowest BCUT2D eigenvalue weighted by Gasteiger charge is -2.14. The van der Waals surface area contributed by atoms with Gasteiger partial charge in [0.25, 0.3) is 0 Å². The van der Waals surface area contributed by atoms with E-state index in [9.17, 15) is 0 Å². The number of rotatable bonds is 5. The Morgan fingerprint density at radius 1 is 1.24 bits per heavy atom. The summed E-state index contributed by atoms with van der Waals surface area (Å²) in [6, 6.07) is 12.1. The van der Waals surface area contributed by atoms with Crippen molar-refractivity contribution in [3.63, 3.8) is 0 Å². The van der Waals surface area contributed by atoms with Crippen molar-refractivity contribution < 1.29 is 4.42 Å². The largest absolute Gasteiger partial charge is 0.469 e. The molecule has 2 heterocycles. The predicted octanol–water partition coefficient (Wildman–Crippen LogP) is 4.20. The zero-order chi connectivity index (χ0) is 14.7. The first-order chi connectivity index (χ1) is 10.2. The monoisotopic (exact) mass is 300 g/mol. The standard InChI is InChI=1S/C17H17ClN2O/c1-12(10-14-4-3-9-21-14)20-11-13-6-7-16(18)15-5-2-8-19-17(13)15/h2-9,12,20H,10-11H2,1H3. The van der Waals surface area contributed by atoms with Crippen molar-refractivity contribution >= 4 is 22.5 Å². The van der Waals surface area contributed by atoms with Crippen LogP contribution in [0, 0.1) is 0 Å². The summed E-state index contributed by atoms with van der Waals surface area (Å²) in [5.41, 5.74) is 2.11. The second-order valence-electron chi connectivity index (χ2n) is 5.17. The molecule has 3 nitrogen and oxygen atoms in total. The molecular formula is C17H17ClN2O. The summed E-state index contributed by atoms with van der Waals surface area (Å²) in [6.07, 6.45) is 4.37. The van der Waals surface area contributed by atoms with Gasteiger partial charge in [-0.3, -0.25) is 4.98 Å². The van der Waals surface area contributed by atoms with Gasteiger partial charge < -0.3 is 9.73 Å². The van der Waals surface area contributed by atoms with Gasteiger partial charge >= 0.3 is 0 Å². The van der Waals surface area contributed by atoms with Crippen molar-refractivity contribution in [3.05, 3.63) is 65.2 Å². The van der Waals surface area contributed by atoms with Crippen LogP contribution in [0.5, 0.6) is 0 Å². The van der Waals surface area contributed by atoms with Gasteiger partial charge in [-0.15, -0.1) is 0 Å². The lowest BCUT2D eigenvalue weighted by molar-refractivity contribution is 0.457. The first-order valence-electron chi connectivity index (χ1n) is 7.02. The highest BCUT2D eigenvalue weighted by atomic mass is 35.5. The van der Waals surface area contributed by atoms with Crippen LogP contribution in [-0.2, 0) is 13.0 Å². The Kier molecular flexibility index (Phi) is 4.23. The number of nitrogens with zero attached hydrogens (tertiary/aromatic N) is 1. The predicted molar refractivity (Wildman–Crippen MR) is 85.5 cm³/mol. The van der Waals surface area contributed by atoms with E-state index in [1.807, 2.05) is 36.4 Å². The van der Waals surface area contributed by atoms with Gasteiger partial charge in [-0.25, -0.2) is 0 Å². The first kappa shape index (κ1) is 14.1. The Morgan fingerprint density at radius 2 is 2.14 bits per heavy atom. The maximum atomic E-state index is 6.21. The van der Waals surface area contributed by atoms with Crippen molar-refractivity contribution in [3.8, 4) is 0 Å². The number of benzene rings is 1. The molecule has 1 unspecified atom stereocenters. The lowest BCUT2D eigenvalue weighted by Crippen LogP contribution is -2.27. The van der Waals surface area contributed by atoms with E-state index < -0.39 is 0 Å². The fourth-order valence-corrected chi connectivity index (χ4v) is 2.64. The summed E-state index contributed by atoms with van der Waals surface area (Å²) in [4.78, 5) is 4.45. The molecule has 21 heavy (non-hydrogen) atoms. The Labute approximate surface area is 128 Å². The fraction of sp³-hybridized carbons (Fsp3) is 0.235. The summed E-state index contributed by atoms with van der Waals surface area (Å²) in [5.74, 6) is 0.995. The lowest BCUT2D eigenvalue weighted by atomic mass is 10.1. The van der Waals surface area contributed by atoms with E-state index in [-0.39, 0.29) is 0 Å². The van der Waals surface area contributed by atoms with Gasteiger partial charge in [0.2, 0.25) is 0 Å². The summed E-state index contributed by atoms with van der Waals surface area (Å²) >= 11 is 6.21. The molecule has 1 N–H and O–H groups in total. The van der Waals surface area contributed by atoms with Crippen LogP contribution in [-0.4, -0.2) is 11.0 Å². The number of pyridine rings is 1. The van der Waals surface area contributed by atoms with Crippen LogP contribution in [0.15, 0.2) is 53.3 Å². The highest BCUT2D eigenvalue weighted by Crippen LogP contribution is 2.24. The summed E-state index contributed by atoms with van der Waals surface area (Å²) in [5, 5.41) is 5.24. The molecule has 0 spiro atoms. The van der Waals surface area contributed by atoms with Gasteiger partial charge in [0.05, 0.1) is 11.8 Å². The molecule has 0 fully saturated rings. The number of aromatic nitrogens is 1. The molecule has 3 rings (SSSR count). The van der Waals surface area contributed by atoms with Crippen LogP contribution in [0.4, 0.5) is 0 Å². The fourth-order valence-electron chi connectivity index (χ4n) is 2.43. The van der Waals surface area contributed by atoms with Crippen LogP contribution in [0.3, 0.4) is 0 Å². The topological polar surface area (TPSA) is 38.1 Å². The zero-order valence-corrected chi connectivity index (χ0v) is 12.6. The van der Waals surface area contributed by atoms with E-state index in [1.54, 1.807) is 12.5 Å². The Morgan fingerprint density at radius 3 is 2.95 bits per heavy atom. The number of hydrogen-bond donors (Lipinski definition) is 1. The molecule has 108 valence electrons. The molecule has 0 bridgehead atoms. The summed E-state index contributed by atoms with van der Waals surface area (Å²) < 4.78 is 5.37. The molecular weight excluding hydrogens is 284 g/mol. The number of hydrogen-bond acceptors (Lipinski definition) is 3. The number of fused-ring (bicyclic) bond motifs is 1. The van der Waals surface area contributed by atoms with Crippen molar-refractivity contribution in [2.24, 2.45) is 0 Å². The number of furan rings is 1. The Bertz CT molecular complexity index is 725. The first-order valence-corrected chi connectivity index (χ1v) is 7.39. The maximum Gasteiger partial charge on any atom is 0.105 e. The quantitative estimate of drug-likeness (QED) is 0.767. The second-order valence-corrected chi connectivity index (χ2v) is 5.58. The SMILES string of the molecule is CC(Cc1ccco1)NCc1ccc(Cl)c2cccnc12. The van der Waals surface area contributed by atoms with Gasteiger partial charge in [-0.2, -0.15) is 0 Å². The maximum absolute atomic E-state index is 6.21. The van der Waals surface area contributed by atoms with Gasteiger partial charge in [0, 0.05) is 35.6 Å². The minimum absolute atomic E-state index is 0.325.